The summed E-state index contributed by atoms with van der Waals surface area (Å²) in [6.07, 6.45) is 3.03. The Balaban J connectivity index is 1.92. The number of fused-ring (bicyclic) bond motifs is 1. The number of anilines is 1. The van der Waals surface area contributed by atoms with Crippen LogP contribution in [0, 0.1) is 19.7 Å². The number of pyridine rings is 1. The van der Waals surface area contributed by atoms with E-state index in [4.69, 9.17) is 4.74 Å². The molecule has 7 heteroatoms. The van der Waals surface area contributed by atoms with Crippen molar-refractivity contribution in [3.63, 3.8) is 0 Å². The molecule has 1 N–H and O–H groups in total. The third-order valence-electron chi connectivity index (χ3n) is 3.53. The van der Waals surface area contributed by atoms with Crippen LogP contribution >= 0.6 is 11.3 Å². The van der Waals surface area contributed by atoms with Crippen molar-refractivity contribution >= 4 is 27.4 Å². The van der Waals surface area contributed by atoms with Gasteiger partial charge >= 0.3 is 0 Å². The number of aromatic nitrogens is 3. The molecule has 0 aliphatic heterocycles. The summed E-state index contributed by atoms with van der Waals surface area (Å²) in [6.45, 7) is 4.31. The zero-order valence-corrected chi connectivity index (χ0v) is 13.3. The number of hydrogen-bond donors (Lipinski definition) is 1. The number of methoxy groups -OCH3 is 1. The zero-order chi connectivity index (χ0) is 15.7. The van der Waals surface area contributed by atoms with Crippen LogP contribution < -0.4 is 10.1 Å². The average molecular weight is 318 g/mol. The van der Waals surface area contributed by atoms with Gasteiger partial charge in [-0.15, -0.1) is 11.3 Å². The van der Waals surface area contributed by atoms with Crippen molar-refractivity contribution in [3.05, 3.63) is 40.5 Å². The smallest absolute Gasteiger partial charge is 0.188 e. The van der Waals surface area contributed by atoms with Crippen molar-refractivity contribution in [3.8, 4) is 5.75 Å². The van der Waals surface area contributed by atoms with Crippen molar-refractivity contribution in [2.45, 2.75) is 20.4 Å². The van der Waals surface area contributed by atoms with Gasteiger partial charge in [0.2, 0.25) is 0 Å². The molecule has 0 aliphatic carbocycles. The van der Waals surface area contributed by atoms with E-state index in [1.165, 1.54) is 30.6 Å². The minimum absolute atomic E-state index is 0.183. The molecule has 0 radical (unpaired) electrons. The monoisotopic (exact) mass is 318 g/mol. The van der Waals surface area contributed by atoms with E-state index >= 15 is 0 Å². The van der Waals surface area contributed by atoms with Gasteiger partial charge in [0.25, 0.3) is 0 Å². The molecule has 0 atom stereocenters. The third kappa shape index (κ3) is 2.48. The van der Waals surface area contributed by atoms with Gasteiger partial charge in [-0.1, -0.05) is 0 Å². The fraction of sp³-hybridized carbons (Fsp3) is 0.267. The summed E-state index contributed by atoms with van der Waals surface area (Å²) in [7, 11) is 1.43. The van der Waals surface area contributed by atoms with Crippen LogP contribution in [0.3, 0.4) is 0 Å². The molecular formula is C15H15FN4OS. The lowest BCUT2D eigenvalue weighted by molar-refractivity contribution is 0.382. The predicted octanol–water partition coefficient (Wildman–Crippen LogP) is 3.46. The van der Waals surface area contributed by atoms with Gasteiger partial charge in [-0.25, -0.2) is 14.4 Å². The fourth-order valence-corrected chi connectivity index (χ4v) is 3.23. The number of hydrogen-bond acceptors (Lipinski definition) is 6. The highest BCUT2D eigenvalue weighted by atomic mass is 32.1. The molecular weight excluding hydrogens is 303 g/mol. The van der Waals surface area contributed by atoms with E-state index in [-0.39, 0.29) is 18.0 Å². The van der Waals surface area contributed by atoms with Crippen molar-refractivity contribution in [1.29, 1.82) is 0 Å². The van der Waals surface area contributed by atoms with Crippen LogP contribution in [0.1, 0.15) is 16.1 Å². The molecule has 0 fully saturated rings. The SMILES string of the molecule is COc1ccnc(CNc2ncnc3sc(C)c(C)c23)c1F. The maximum absolute atomic E-state index is 14.1. The van der Waals surface area contributed by atoms with Gasteiger partial charge < -0.3 is 10.1 Å². The maximum Gasteiger partial charge on any atom is 0.188 e. The number of thiophene rings is 1. The Morgan fingerprint density at radius 3 is 2.86 bits per heavy atom. The molecule has 3 heterocycles. The largest absolute Gasteiger partial charge is 0.494 e. The first-order chi connectivity index (χ1) is 10.6. The summed E-state index contributed by atoms with van der Waals surface area (Å²) < 4.78 is 19.1. The van der Waals surface area contributed by atoms with E-state index < -0.39 is 5.82 Å². The lowest BCUT2D eigenvalue weighted by Crippen LogP contribution is -2.07. The Bertz CT molecular complexity index is 834. The molecule has 0 spiro atoms. The number of nitrogens with zero attached hydrogens (tertiary/aromatic N) is 3. The highest BCUT2D eigenvalue weighted by molar-refractivity contribution is 7.18. The highest BCUT2D eigenvalue weighted by Gasteiger charge is 2.14. The van der Waals surface area contributed by atoms with Crippen LogP contribution in [0.25, 0.3) is 10.2 Å². The van der Waals surface area contributed by atoms with E-state index in [2.05, 4.69) is 27.2 Å². The first kappa shape index (κ1) is 14.6. The van der Waals surface area contributed by atoms with Crippen LogP contribution in [0.5, 0.6) is 5.75 Å². The van der Waals surface area contributed by atoms with E-state index in [1.54, 1.807) is 11.3 Å². The Morgan fingerprint density at radius 1 is 1.27 bits per heavy atom. The Kier molecular flexibility index (Phi) is 3.89. The van der Waals surface area contributed by atoms with E-state index in [0.29, 0.717) is 5.82 Å². The Hall–Kier alpha value is -2.28. The average Bonchev–Trinajstić information content (AvgIpc) is 2.82. The minimum atomic E-state index is -0.457. The summed E-state index contributed by atoms with van der Waals surface area (Å²) >= 11 is 1.62. The normalized spacial score (nSPS) is 10.9. The second-order valence-corrected chi connectivity index (χ2v) is 6.02. The van der Waals surface area contributed by atoms with Crippen LogP contribution in [0.2, 0.25) is 0 Å². The summed E-state index contributed by atoms with van der Waals surface area (Å²) in [5.41, 5.74) is 1.43. The quantitative estimate of drug-likeness (QED) is 0.798. The van der Waals surface area contributed by atoms with E-state index in [9.17, 15) is 4.39 Å². The number of nitrogens with one attached hydrogen (secondary N) is 1. The number of halogens is 1. The summed E-state index contributed by atoms with van der Waals surface area (Å²) in [5.74, 6) is 0.416. The molecule has 0 unspecified atom stereocenters. The van der Waals surface area contributed by atoms with Crippen LogP contribution in [-0.2, 0) is 6.54 Å². The fourth-order valence-electron chi connectivity index (χ4n) is 2.23. The lowest BCUT2D eigenvalue weighted by Gasteiger charge is -2.09. The topological polar surface area (TPSA) is 59.9 Å². The maximum atomic E-state index is 14.1. The molecule has 3 aromatic heterocycles. The van der Waals surface area contributed by atoms with Gasteiger partial charge in [-0.05, 0) is 19.4 Å². The summed E-state index contributed by atoms with van der Waals surface area (Å²) in [5, 5.41) is 4.13. The van der Waals surface area contributed by atoms with Crippen molar-refractivity contribution in [1.82, 2.24) is 15.0 Å². The highest BCUT2D eigenvalue weighted by Crippen LogP contribution is 2.32. The summed E-state index contributed by atoms with van der Waals surface area (Å²) in [4.78, 5) is 14.7. The molecule has 0 amide bonds. The lowest BCUT2D eigenvalue weighted by atomic mass is 10.2. The second kappa shape index (κ2) is 5.84. The van der Waals surface area contributed by atoms with Gasteiger partial charge in [-0.2, -0.15) is 0 Å². The van der Waals surface area contributed by atoms with Crippen LogP contribution in [0.4, 0.5) is 10.2 Å². The Labute approximate surface area is 131 Å². The number of aryl methyl sites for hydroxylation is 2. The van der Waals surface area contributed by atoms with Gasteiger partial charge in [0.05, 0.1) is 24.7 Å². The number of ether oxygens (including phenoxy) is 1. The minimum Gasteiger partial charge on any atom is -0.494 e. The molecule has 5 nitrogen and oxygen atoms in total. The molecule has 0 aliphatic rings. The zero-order valence-electron chi connectivity index (χ0n) is 12.5. The van der Waals surface area contributed by atoms with E-state index in [0.717, 1.165) is 15.8 Å². The number of rotatable bonds is 4. The van der Waals surface area contributed by atoms with Crippen LogP contribution in [0.15, 0.2) is 18.6 Å². The molecule has 0 aromatic carbocycles. The van der Waals surface area contributed by atoms with Crippen molar-refractivity contribution in [2.24, 2.45) is 0 Å². The molecule has 3 rings (SSSR count). The first-order valence-corrected chi connectivity index (χ1v) is 7.55. The van der Waals surface area contributed by atoms with Gasteiger partial charge in [-0.3, -0.25) is 4.98 Å². The van der Waals surface area contributed by atoms with Gasteiger partial charge in [0.1, 0.15) is 17.0 Å². The second-order valence-electron chi connectivity index (χ2n) is 4.81. The molecule has 0 saturated heterocycles. The molecule has 114 valence electrons. The van der Waals surface area contributed by atoms with Gasteiger partial charge in [0.15, 0.2) is 11.6 Å². The summed E-state index contributed by atoms with van der Waals surface area (Å²) in [6, 6.07) is 1.49. The molecule has 22 heavy (non-hydrogen) atoms. The molecule has 0 saturated carbocycles. The predicted molar refractivity (Wildman–Crippen MR) is 85.0 cm³/mol. The molecule has 0 bridgehead atoms. The van der Waals surface area contributed by atoms with Crippen LogP contribution in [-0.4, -0.2) is 22.1 Å². The van der Waals surface area contributed by atoms with Crippen molar-refractivity contribution in [2.75, 3.05) is 12.4 Å². The third-order valence-corrected chi connectivity index (χ3v) is 4.65. The van der Waals surface area contributed by atoms with E-state index in [1.807, 2.05) is 6.92 Å². The first-order valence-electron chi connectivity index (χ1n) is 6.73. The molecule has 3 aromatic rings. The Morgan fingerprint density at radius 2 is 2.09 bits per heavy atom. The van der Waals surface area contributed by atoms with Gasteiger partial charge in [0, 0.05) is 17.1 Å². The standard InChI is InChI=1S/C15H15FN4OS/c1-8-9(2)22-15-12(8)14(19-7-20-15)18-6-10-13(16)11(21-3)4-5-17-10/h4-5,7H,6H2,1-3H3,(H,18,19,20). The van der Waals surface area contributed by atoms with Crippen molar-refractivity contribution < 1.29 is 9.13 Å².